The molecule has 3 nitrogen and oxygen atoms in total. The first-order valence-electron chi connectivity index (χ1n) is 7.20. The van der Waals surface area contributed by atoms with E-state index in [2.05, 4.69) is 24.5 Å². The van der Waals surface area contributed by atoms with Crippen molar-refractivity contribution < 1.29 is 4.74 Å². The Bertz CT molecular complexity index is 587. The van der Waals surface area contributed by atoms with Crippen LogP contribution in [0, 0.1) is 5.92 Å². The van der Waals surface area contributed by atoms with Gasteiger partial charge in [-0.15, -0.1) is 11.6 Å². The van der Waals surface area contributed by atoms with Gasteiger partial charge in [0.05, 0.1) is 17.0 Å². The van der Waals surface area contributed by atoms with E-state index in [0.717, 1.165) is 29.2 Å². The minimum absolute atomic E-state index is 0.118. The molecule has 0 spiro atoms. The highest BCUT2D eigenvalue weighted by Crippen LogP contribution is 2.31. The first-order chi connectivity index (χ1) is 9.40. The highest BCUT2D eigenvalue weighted by Gasteiger charge is 2.18. The number of halogens is 1. The van der Waals surface area contributed by atoms with Crippen LogP contribution in [0.1, 0.15) is 45.8 Å². The van der Waals surface area contributed by atoms with Crippen molar-refractivity contribution in [3.63, 3.8) is 0 Å². The normalized spacial score (nSPS) is 13.4. The molecule has 0 bridgehead atoms. The lowest BCUT2D eigenvalue weighted by atomic mass is 10.2. The summed E-state index contributed by atoms with van der Waals surface area (Å²) in [5, 5.41) is -0.118. The summed E-state index contributed by atoms with van der Waals surface area (Å²) in [6.45, 7) is 11.3. The quantitative estimate of drug-likeness (QED) is 0.742. The van der Waals surface area contributed by atoms with Crippen LogP contribution in [0.3, 0.4) is 0 Å². The minimum atomic E-state index is -0.118. The number of fused-ring (bicyclic) bond motifs is 1. The van der Waals surface area contributed by atoms with Gasteiger partial charge in [-0.25, -0.2) is 4.98 Å². The second-order valence-electron chi connectivity index (χ2n) is 5.88. The van der Waals surface area contributed by atoms with E-state index in [-0.39, 0.29) is 11.5 Å². The van der Waals surface area contributed by atoms with Crippen LogP contribution in [-0.4, -0.2) is 15.7 Å². The molecule has 20 heavy (non-hydrogen) atoms. The molecule has 110 valence electrons. The molecule has 2 aromatic rings. The summed E-state index contributed by atoms with van der Waals surface area (Å²) in [4.78, 5) is 4.72. The Morgan fingerprint density at radius 1 is 1.20 bits per heavy atom. The summed E-state index contributed by atoms with van der Waals surface area (Å²) in [6.07, 6.45) is 0.132. The summed E-state index contributed by atoms with van der Waals surface area (Å²) in [5.74, 6) is 2.28. The van der Waals surface area contributed by atoms with E-state index < -0.39 is 0 Å². The molecule has 1 unspecified atom stereocenters. The lowest BCUT2D eigenvalue weighted by Gasteiger charge is -2.13. The number of imidazole rings is 1. The number of hydrogen-bond acceptors (Lipinski definition) is 2. The first kappa shape index (κ1) is 15.2. The Morgan fingerprint density at radius 3 is 2.45 bits per heavy atom. The molecule has 0 amide bonds. The van der Waals surface area contributed by atoms with E-state index in [1.54, 1.807) is 0 Å². The van der Waals surface area contributed by atoms with Crippen LogP contribution in [0.25, 0.3) is 11.0 Å². The van der Waals surface area contributed by atoms with Crippen molar-refractivity contribution in [2.24, 2.45) is 5.92 Å². The van der Waals surface area contributed by atoms with Crippen molar-refractivity contribution in [2.45, 2.75) is 52.6 Å². The van der Waals surface area contributed by atoms with Gasteiger partial charge >= 0.3 is 0 Å². The summed E-state index contributed by atoms with van der Waals surface area (Å²) in [5.41, 5.74) is 2.00. The monoisotopic (exact) mass is 294 g/mol. The zero-order chi connectivity index (χ0) is 14.9. The molecule has 0 saturated carbocycles. The Kier molecular flexibility index (Phi) is 4.59. The van der Waals surface area contributed by atoms with Gasteiger partial charge in [0, 0.05) is 6.54 Å². The molecule has 0 saturated heterocycles. The second kappa shape index (κ2) is 6.04. The van der Waals surface area contributed by atoms with Gasteiger partial charge in [0.2, 0.25) is 0 Å². The number of alkyl halides is 1. The lowest BCUT2D eigenvalue weighted by Crippen LogP contribution is -2.09. The lowest BCUT2D eigenvalue weighted by molar-refractivity contribution is 0.245. The number of aromatic nitrogens is 2. The number of rotatable bonds is 5. The summed E-state index contributed by atoms with van der Waals surface area (Å²) in [6, 6.07) is 6.07. The van der Waals surface area contributed by atoms with Crippen molar-refractivity contribution in [1.29, 1.82) is 0 Å². The van der Waals surface area contributed by atoms with Gasteiger partial charge in [-0.3, -0.25) is 0 Å². The van der Waals surface area contributed by atoms with Crippen molar-refractivity contribution in [3.05, 3.63) is 24.0 Å². The first-order valence-corrected chi connectivity index (χ1v) is 7.63. The largest absolute Gasteiger partial charge is 0.489 e. The molecule has 0 aliphatic rings. The van der Waals surface area contributed by atoms with Crippen molar-refractivity contribution in [3.8, 4) is 5.75 Å². The average molecular weight is 295 g/mol. The van der Waals surface area contributed by atoms with Gasteiger partial charge in [0.1, 0.15) is 17.1 Å². The van der Waals surface area contributed by atoms with E-state index in [0.29, 0.717) is 5.92 Å². The number of nitrogens with zero attached hydrogens (tertiary/aromatic N) is 2. The molecule has 0 fully saturated rings. The second-order valence-corrected chi connectivity index (χ2v) is 6.54. The number of benzene rings is 1. The van der Waals surface area contributed by atoms with Crippen LogP contribution in [0.4, 0.5) is 0 Å². The predicted octanol–water partition coefficient (Wildman–Crippen LogP) is 4.78. The molecule has 0 aliphatic carbocycles. The fourth-order valence-corrected chi connectivity index (χ4v) is 2.52. The fourth-order valence-electron chi connectivity index (χ4n) is 2.35. The van der Waals surface area contributed by atoms with E-state index in [4.69, 9.17) is 21.3 Å². The summed E-state index contributed by atoms with van der Waals surface area (Å²) >= 11 is 6.30. The van der Waals surface area contributed by atoms with Crippen molar-refractivity contribution >= 4 is 22.6 Å². The Labute approximate surface area is 125 Å². The number of ether oxygens (including phenoxy) is 1. The van der Waals surface area contributed by atoms with Gasteiger partial charge in [-0.05, 0) is 38.8 Å². The van der Waals surface area contributed by atoms with E-state index in [1.165, 1.54) is 0 Å². The highest BCUT2D eigenvalue weighted by atomic mass is 35.5. The molecule has 1 aromatic carbocycles. The maximum absolute atomic E-state index is 6.30. The number of hydrogen-bond donors (Lipinski definition) is 0. The smallest absolute Gasteiger partial charge is 0.147 e. The maximum atomic E-state index is 6.30. The van der Waals surface area contributed by atoms with Crippen LogP contribution in [0.5, 0.6) is 5.75 Å². The molecule has 1 aromatic heterocycles. The SMILES string of the molecule is CC(C)Cn1c(C(C)Cl)nc2c(OC(C)C)cccc21. The van der Waals surface area contributed by atoms with Gasteiger partial charge in [0.25, 0.3) is 0 Å². The zero-order valence-corrected chi connectivity index (χ0v) is 13.6. The van der Waals surface area contributed by atoms with Gasteiger partial charge < -0.3 is 9.30 Å². The molecule has 2 rings (SSSR count). The Hall–Kier alpha value is -1.22. The van der Waals surface area contributed by atoms with Crippen LogP contribution in [0.15, 0.2) is 18.2 Å². The third-order valence-electron chi connectivity index (χ3n) is 3.04. The van der Waals surface area contributed by atoms with E-state index >= 15 is 0 Å². The third-order valence-corrected chi connectivity index (χ3v) is 3.23. The molecule has 0 N–H and O–H groups in total. The van der Waals surface area contributed by atoms with Crippen molar-refractivity contribution in [2.75, 3.05) is 0 Å². The molecular weight excluding hydrogens is 272 g/mol. The van der Waals surface area contributed by atoms with Gasteiger partial charge in [0.15, 0.2) is 0 Å². The summed E-state index contributed by atoms with van der Waals surface area (Å²) in [7, 11) is 0. The maximum Gasteiger partial charge on any atom is 0.147 e. The van der Waals surface area contributed by atoms with Gasteiger partial charge in [-0.2, -0.15) is 0 Å². The highest BCUT2D eigenvalue weighted by molar-refractivity contribution is 6.20. The van der Waals surface area contributed by atoms with Crippen molar-refractivity contribution in [1.82, 2.24) is 9.55 Å². The van der Waals surface area contributed by atoms with Crippen LogP contribution < -0.4 is 4.74 Å². The average Bonchev–Trinajstić information content (AvgIpc) is 2.68. The van der Waals surface area contributed by atoms with Gasteiger partial charge in [-0.1, -0.05) is 19.9 Å². The zero-order valence-electron chi connectivity index (χ0n) is 12.9. The molecule has 1 heterocycles. The molecule has 1 atom stereocenters. The molecular formula is C16H23ClN2O. The Balaban J connectivity index is 2.60. The third kappa shape index (κ3) is 3.09. The standard InChI is InChI=1S/C16H23ClN2O/c1-10(2)9-19-13-7-6-8-14(20-11(3)4)15(13)18-16(19)12(5)17/h6-8,10-12H,9H2,1-5H3. The van der Waals surface area contributed by atoms with E-state index in [1.807, 2.05) is 32.9 Å². The van der Waals surface area contributed by atoms with Crippen LogP contribution in [-0.2, 0) is 6.54 Å². The predicted molar refractivity (Wildman–Crippen MR) is 84.6 cm³/mol. The minimum Gasteiger partial charge on any atom is -0.489 e. The summed E-state index contributed by atoms with van der Waals surface area (Å²) < 4.78 is 8.07. The molecule has 0 radical (unpaired) electrons. The fraction of sp³-hybridized carbons (Fsp3) is 0.562. The topological polar surface area (TPSA) is 27.1 Å². The molecule has 4 heteroatoms. The molecule has 0 aliphatic heterocycles. The van der Waals surface area contributed by atoms with Crippen LogP contribution >= 0.6 is 11.6 Å². The Morgan fingerprint density at radius 2 is 1.90 bits per heavy atom. The van der Waals surface area contributed by atoms with E-state index in [9.17, 15) is 0 Å². The van der Waals surface area contributed by atoms with Crippen LogP contribution in [0.2, 0.25) is 0 Å². The number of para-hydroxylation sites is 1.